The van der Waals surface area contributed by atoms with E-state index in [1.807, 2.05) is 17.2 Å². The van der Waals surface area contributed by atoms with Crippen molar-refractivity contribution in [3.63, 3.8) is 0 Å². The van der Waals surface area contributed by atoms with Crippen molar-refractivity contribution in [2.24, 2.45) is 0 Å². The monoisotopic (exact) mass is 403 g/mol. The number of aromatic nitrogens is 2. The smallest absolute Gasteiger partial charge is 0.233 e. The normalized spacial score (nSPS) is 17.4. The molecule has 1 aliphatic heterocycles. The lowest BCUT2D eigenvalue weighted by Gasteiger charge is -2.31. The van der Waals surface area contributed by atoms with E-state index in [1.54, 1.807) is 12.1 Å². The molecular weight excluding hydrogens is 385 g/mol. The Labute approximate surface area is 164 Å². The molecule has 1 aliphatic rings. The van der Waals surface area contributed by atoms with Crippen LogP contribution >= 0.6 is 23.1 Å². The number of fused-ring (bicyclic) bond motifs is 1. The number of ether oxygens (including phenoxy) is 1. The first-order valence-corrected chi connectivity index (χ1v) is 10.5. The summed E-state index contributed by atoms with van der Waals surface area (Å²) in [5.41, 5.74) is 1.87. The largest absolute Gasteiger partial charge is 0.375 e. The minimum absolute atomic E-state index is 0.0698. The van der Waals surface area contributed by atoms with Crippen molar-refractivity contribution in [3.05, 3.63) is 41.8 Å². The van der Waals surface area contributed by atoms with Crippen molar-refractivity contribution in [2.45, 2.75) is 18.1 Å². The second kappa shape index (κ2) is 7.92. The van der Waals surface area contributed by atoms with Crippen LogP contribution in [0.4, 0.5) is 4.39 Å². The summed E-state index contributed by atoms with van der Waals surface area (Å²) in [6.45, 7) is 3.80. The van der Waals surface area contributed by atoms with Crippen molar-refractivity contribution in [1.82, 2.24) is 14.9 Å². The number of carbonyl (C=O) groups is 1. The molecule has 0 aliphatic carbocycles. The van der Waals surface area contributed by atoms with Gasteiger partial charge in [-0.15, -0.1) is 11.3 Å². The first kappa shape index (κ1) is 18.3. The molecule has 27 heavy (non-hydrogen) atoms. The number of thiophene rings is 1. The lowest BCUT2D eigenvalue weighted by molar-refractivity contribution is -0.135. The summed E-state index contributed by atoms with van der Waals surface area (Å²) < 4.78 is 18.8. The van der Waals surface area contributed by atoms with Gasteiger partial charge in [-0.1, -0.05) is 23.9 Å². The maximum absolute atomic E-state index is 13.3. The third-order valence-electron chi connectivity index (χ3n) is 4.42. The van der Waals surface area contributed by atoms with Crippen molar-refractivity contribution in [3.8, 4) is 11.1 Å². The SMILES string of the molecule is C[C@@H]1CN(C(=O)CSc2ncnc3scc(-c4ccc(F)cc4)c23)CCO1. The Balaban J connectivity index is 1.57. The summed E-state index contributed by atoms with van der Waals surface area (Å²) in [5, 5.41) is 3.69. The Morgan fingerprint density at radius 2 is 2.19 bits per heavy atom. The molecule has 2 aromatic heterocycles. The molecular formula is C19H18FN3O2S2. The Hall–Kier alpha value is -2.03. The molecule has 3 aromatic rings. The fourth-order valence-electron chi connectivity index (χ4n) is 3.07. The van der Waals surface area contributed by atoms with Crippen molar-refractivity contribution in [2.75, 3.05) is 25.4 Å². The quantitative estimate of drug-likeness (QED) is 0.489. The zero-order chi connectivity index (χ0) is 18.8. The number of nitrogens with zero attached hydrogens (tertiary/aromatic N) is 3. The van der Waals surface area contributed by atoms with Crippen LogP contribution < -0.4 is 0 Å². The highest BCUT2D eigenvalue weighted by Gasteiger charge is 2.22. The molecule has 140 valence electrons. The number of amides is 1. The predicted octanol–water partition coefficient (Wildman–Crippen LogP) is 3.84. The van der Waals surface area contributed by atoms with Gasteiger partial charge in [0.15, 0.2) is 0 Å². The molecule has 3 heterocycles. The first-order valence-electron chi connectivity index (χ1n) is 8.62. The van der Waals surface area contributed by atoms with Gasteiger partial charge in [-0.05, 0) is 24.6 Å². The minimum atomic E-state index is -0.269. The van der Waals surface area contributed by atoms with Crippen molar-refractivity contribution >= 4 is 39.2 Å². The zero-order valence-corrected chi connectivity index (χ0v) is 16.4. The number of thioether (sulfide) groups is 1. The molecule has 5 nitrogen and oxygen atoms in total. The fraction of sp³-hybridized carbons (Fsp3) is 0.316. The van der Waals surface area contributed by atoms with Gasteiger partial charge in [-0.2, -0.15) is 0 Å². The summed E-state index contributed by atoms with van der Waals surface area (Å²) in [7, 11) is 0. The van der Waals surface area contributed by atoms with Crippen LogP contribution in [0, 0.1) is 5.82 Å². The fourth-order valence-corrected chi connectivity index (χ4v) is 4.96. The summed E-state index contributed by atoms with van der Waals surface area (Å²) in [6.07, 6.45) is 1.59. The van der Waals surface area contributed by atoms with E-state index in [0.717, 1.165) is 26.4 Å². The van der Waals surface area contributed by atoms with Crippen LogP contribution in [0.5, 0.6) is 0 Å². The van der Waals surface area contributed by atoms with Crippen LogP contribution in [-0.4, -0.2) is 52.3 Å². The molecule has 0 unspecified atom stereocenters. The standard InChI is InChI=1S/C19H18FN3O2S2/c1-12-8-23(6-7-25-12)16(24)10-27-19-17-15(9-26-18(17)21-11-22-19)13-2-4-14(20)5-3-13/h2-5,9,11-12H,6-8,10H2,1H3/t12-/m1/s1. The van der Waals surface area contributed by atoms with Crippen molar-refractivity contribution < 1.29 is 13.9 Å². The van der Waals surface area contributed by atoms with E-state index in [4.69, 9.17) is 4.74 Å². The molecule has 1 saturated heterocycles. The summed E-state index contributed by atoms with van der Waals surface area (Å²) in [6, 6.07) is 6.38. The van der Waals surface area contributed by atoms with Gasteiger partial charge in [0.1, 0.15) is 22.0 Å². The highest BCUT2D eigenvalue weighted by atomic mass is 32.2. The van der Waals surface area contributed by atoms with E-state index >= 15 is 0 Å². The lowest BCUT2D eigenvalue weighted by atomic mass is 10.1. The number of hydrogen-bond donors (Lipinski definition) is 0. The molecule has 4 rings (SSSR count). The highest BCUT2D eigenvalue weighted by molar-refractivity contribution is 8.00. The molecule has 1 aromatic carbocycles. The summed E-state index contributed by atoms with van der Waals surface area (Å²) in [4.78, 5) is 24.0. The van der Waals surface area contributed by atoms with Gasteiger partial charge in [-0.25, -0.2) is 14.4 Å². The molecule has 1 amide bonds. The van der Waals surface area contributed by atoms with Crippen LogP contribution in [-0.2, 0) is 9.53 Å². The van der Waals surface area contributed by atoms with Crippen LogP contribution in [0.1, 0.15) is 6.92 Å². The molecule has 8 heteroatoms. The number of halogens is 1. The summed E-state index contributed by atoms with van der Waals surface area (Å²) in [5.74, 6) is 0.132. The second-order valence-corrected chi connectivity index (χ2v) is 8.15. The number of hydrogen-bond acceptors (Lipinski definition) is 6. The number of rotatable bonds is 4. The third-order valence-corrected chi connectivity index (χ3v) is 6.28. The number of benzene rings is 1. The van der Waals surface area contributed by atoms with Gasteiger partial charge in [-0.3, -0.25) is 4.79 Å². The Kier molecular flexibility index (Phi) is 5.38. The molecule has 0 spiro atoms. The van der Waals surface area contributed by atoms with E-state index < -0.39 is 0 Å². The Morgan fingerprint density at radius 1 is 1.37 bits per heavy atom. The van der Waals surface area contributed by atoms with Gasteiger partial charge in [0, 0.05) is 24.0 Å². The second-order valence-electron chi connectivity index (χ2n) is 6.33. The van der Waals surface area contributed by atoms with Gasteiger partial charge in [0.25, 0.3) is 0 Å². The van der Waals surface area contributed by atoms with Gasteiger partial charge in [0.05, 0.1) is 23.8 Å². The van der Waals surface area contributed by atoms with Crippen LogP contribution in [0.15, 0.2) is 41.0 Å². The Bertz CT molecular complexity index is 961. The molecule has 0 saturated carbocycles. The van der Waals surface area contributed by atoms with Gasteiger partial charge >= 0.3 is 0 Å². The van der Waals surface area contributed by atoms with Gasteiger partial charge < -0.3 is 9.64 Å². The molecule has 1 atom stereocenters. The van der Waals surface area contributed by atoms with Crippen molar-refractivity contribution in [1.29, 1.82) is 0 Å². The maximum Gasteiger partial charge on any atom is 0.233 e. The summed E-state index contributed by atoms with van der Waals surface area (Å²) >= 11 is 2.94. The zero-order valence-electron chi connectivity index (χ0n) is 14.7. The average Bonchev–Trinajstić information content (AvgIpc) is 3.11. The van der Waals surface area contributed by atoms with Crippen LogP contribution in [0.25, 0.3) is 21.3 Å². The average molecular weight is 404 g/mol. The predicted molar refractivity (Wildman–Crippen MR) is 106 cm³/mol. The lowest BCUT2D eigenvalue weighted by Crippen LogP contribution is -2.45. The molecule has 0 bridgehead atoms. The van der Waals surface area contributed by atoms with E-state index in [2.05, 4.69) is 9.97 Å². The van der Waals surface area contributed by atoms with E-state index in [0.29, 0.717) is 25.4 Å². The first-order chi connectivity index (χ1) is 13.1. The molecule has 0 radical (unpaired) electrons. The van der Waals surface area contributed by atoms with Crippen LogP contribution in [0.3, 0.4) is 0 Å². The minimum Gasteiger partial charge on any atom is -0.375 e. The topological polar surface area (TPSA) is 55.3 Å². The number of morpholine rings is 1. The highest BCUT2D eigenvalue weighted by Crippen LogP contribution is 2.37. The maximum atomic E-state index is 13.3. The van der Waals surface area contributed by atoms with Gasteiger partial charge in [0.2, 0.25) is 5.91 Å². The van der Waals surface area contributed by atoms with E-state index in [9.17, 15) is 9.18 Å². The van der Waals surface area contributed by atoms with E-state index in [-0.39, 0.29) is 17.8 Å². The molecule has 0 N–H and O–H groups in total. The van der Waals surface area contributed by atoms with E-state index in [1.165, 1.54) is 41.6 Å². The van der Waals surface area contributed by atoms with Crippen LogP contribution in [0.2, 0.25) is 0 Å². The number of carbonyl (C=O) groups excluding carboxylic acids is 1. The Morgan fingerprint density at radius 3 is 2.96 bits per heavy atom. The third kappa shape index (κ3) is 3.97. The molecule has 1 fully saturated rings.